The Kier molecular flexibility index (Phi) is 5.73. The van der Waals surface area contributed by atoms with E-state index in [2.05, 4.69) is 10.3 Å². The lowest BCUT2D eigenvalue weighted by atomic mass is 10.1. The van der Waals surface area contributed by atoms with E-state index in [1.807, 2.05) is 42.6 Å². The molecule has 0 saturated carbocycles. The van der Waals surface area contributed by atoms with E-state index in [4.69, 9.17) is 16.3 Å². The molecule has 164 valence electrons. The lowest BCUT2D eigenvalue weighted by Crippen LogP contribution is -2.41. The van der Waals surface area contributed by atoms with Gasteiger partial charge in [-0.05, 0) is 18.1 Å². The van der Waals surface area contributed by atoms with Crippen LogP contribution in [-0.4, -0.2) is 52.4 Å². The maximum Gasteiger partial charge on any atom is 0.276 e. The second-order valence-electron chi connectivity index (χ2n) is 7.29. The summed E-state index contributed by atoms with van der Waals surface area (Å²) in [5.41, 5.74) is 2.59. The van der Waals surface area contributed by atoms with Crippen molar-refractivity contribution in [1.82, 2.24) is 14.3 Å². The molecule has 1 aromatic carbocycles. The quantitative estimate of drug-likeness (QED) is 0.449. The Hall–Kier alpha value is -2.72. The lowest BCUT2D eigenvalue weighted by Gasteiger charge is -2.27. The maximum absolute atomic E-state index is 13.5. The average molecular weight is 487 g/mol. The zero-order valence-electron chi connectivity index (χ0n) is 17.1. The summed E-state index contributed by atoms with van der Waals surface area (Å²) in [7, 11) is 0. The number of fused-ring (bicyclic) bond motifs is 1. The average Bonchev–Trinajstić information content (AvgIpc) is 3.47. The van der Waals surface area contributed by atoms with E-state index in [1.54, 1.807) is 15.5 Å². The van der Waals surface area contributed by atoms with Crippen molar-refractivity contribution in [1.29, 1.82) is 0 Å². The van der Waals surface area contributed by atoms with Gasteiger partial charge in [0.25, 0.3) is 11.8 Å². The third-order valence-corrected chi connectivity index (χ3v) is 7.63. The van der Waals surface area contributed by atoms with Gasteiger partial charge >= 0.3 is 0 Å². The number of benzene rings is 1. The molecule has 3 aromatic heterocycles. The van der Waals surface area contributed by atoms with E-state index in [-0.39, 0.29) is 16.8 Å². The first-order chi connectivity index (χ1) is 15.5. The van der Waals surface area contributed by atoms with Gasteiger partial charge in [0.05, 0.1) is 18.8 Å². The lowest BCUT2D eigenvalue weighted by molar-refractivity contribution is 0.0303. The first-order valence-corrected chi connectivity index (χ1v) is 12.1. The number of nitrogens with zero attached hydrogens (tertiary/aromatic N) is 3. The molecule has 0 aliphatic carbocycles. The fourth-order valence-corrected chi connectivity index (χ4v) is 5.99. The van der Waals surface area contributed by atoms with Crippen LogP contribution in [-0.2, 0) is 4.74 Å². The number of amides is 2. The number of thiophene rings is 1. The van der Waals surface area contributed by atoms with Gasteiger partial charge in [-0.1, -0.05) is 41.9 Å². The summed E-state index contributed by atoms with van der Waals surface area (Å²) >= 11 is 9.04. The van der Waals surface area contributed by atoms with Crippen molar-refractivity contribution < 1.29 is 14.3 Å². The Morgan fingerprint density at radius 3 is 2.69 bits per heavy atom. The molecule has 7 nitrogen and oxygen atoms in total. The summed E-state index contributed by atoms with van der Waals surface area (Å²) in [6, 6.07) is 9.85. The number of ether oxygens (including phenoxy) is 1. The number of carbonyl (C=O) groups is 2. The van der Waals surface area contributed by atoms with E-state index >= 15 is 0 Å². The molecule has 1 aliphatic heterocycles. The summed E-state index contributed by atoms with van der Waals surface area (Å²) in [6.45, 7) is 3.97. The van der Waals surface area contributed by atoms with Crippen molar-refractivity contribution in [2.24, 2.45) is 0 Å². The molecule has 2 amide bonds. The predicted octanol–water partition coefficient (Wildman–Crippen LogP) is 4.81. The Morgan fingerprint density at radius 2 is 1.94 bits per heavy atom. The first-order valence-electron chi connectivity index (χ1n) is 10.0. The Morgan fingerprint density at radius 1 is 1.19 bits per heavy atom. The molecule has 0 radical (unpaired) electrons. The SMILES string of the molecule is Cc1c(-c2ccccc2)sc(NC(=O)c2c(Cl)nc3sccn23)c1C(=O)N1CCOCC1. The number of morpholine rings is 1. The number of nitrogens with one attached hydrogen (secondary N) is 1. The van der Waals surface area contributed by atoms with Crippen LogP contribution in [0, 0.1) is 6.92 Å². The number of imidazole rings is 1. The summed E-state index contributed by atoms with van der Waals surface area (Å²) in [6.07, 6.45) is 1.75. The molecule has 0 bridgehead atoms. The van der Waals surface area contributed by atoms with E-state index in [9.17, 15) is 9.59 Å². The summed E-state index contributed by atoms with van der Waals surface area (Å²) < 4.78 is 7.05. The zero-order valence-corrected chi connectivity index (χ0v) is 19.5. The van der Waals surface area contributed by atoms with Crippen LogP contribution in [0.4, 0.5) is 5.00 Å². The summed E-state index contributed by atoms with van der Waals surface area (Å²) in [4.78, 5) is 34.3. The molecule has 5 rings (SSSR count). The van der Waals surface area contributed by atoms with Gasteiger partial charge in [0.1, 0.15) is 5.00 Å². The van der Waals surface area contributed by atoms with E-state index in [1.165, 1.54) is 22.7 Å². The third kappa shape index (κ3) is 3.71. The number of rotatable bonds is 4. The van der Waals surface area contributed by atoms with Crippen molar-refractivity contribution in [3.05, 3.63) is 63.9 Å². The van der Waals surface area contributed by atoms with Crippen LogP contribution in [0.2, 0.25) is 5.15 Å². The van der Waals surface area contributed by atoms with Gasteiger partial charge in [-0.15, -0.1) is 22.7 Å². The molecule has 0 atom stereocenters. The molecule has 1 N–H and O–H groups in total. The molecule has 1 saturated heterocycles. The standard InChI is InChI=1S/C22H19ClN4O3S2/c1-13-15(21(29)26-7-10-30-11-8-26)20(32-17(13)14-5-3-2-4-6-14)25-19(28)16-18(23)24-22-27(16)9-12-31-22/h2-6,9,12H,7-8,10-11H2,1H3,(H,25,28). The smallest absolute Gasteiger partial charge is 0.276 e. The van der Waals surface area contributed by atoms with E-state index < -0.39 is 5.91 Å². The van der Waals surface area contributed by atoms with Gasteiger partial charge in [-0.3, -0.25) is 14.0 Å². The largest absolute Gasteiger partial charge is 0.378 e. The summed E-state index contributed by atoms with van der Waals surface area (Å²) in [5.74, 6) is -0.516. The molecule has 32 heavy (non-hydrogen) atoms. The highest BCUT2D eigenvalue weighted by Gasteiger charge is 2.29. The highest BCUT2D eigenvalue weighted by atomic mass is 35.5. The number of thiazole rings is 1. The minimum absolute atomic E-state index is 0.111. The zero-order chi connectivity index (χ0) is 22.2. The molecule has 1 aliphatic rings. The monoisotopic (exact) mass is 486 g/mol. The number of hydrogen-bond acceptors (Lipinski definition) is 6. The van der Waals surface area contributed by atoms with Gasteiger partial charge in [0, 0.05) is 29.5 Å². The number of halogens is 1. The van der Waals surface area contributed by atoms with Crippen molar-refractivity contribution in [2.75, 3.05) is 31.6 Å². The number of hydrogen-bond donors (Lipinski definition) is 1. The highest BCUT2D eigenvalue weighted by molar-refractivity contribution is 7.20. The van der Waals surface area contributed by atoms with Crippen LogP contribution < -0.4 is 5.32 Å². The Balaban J connectivity index is 1.57. The van der Waals surface area contributed by atoms with Crippen molar-refractivity contribution in [3.8, 4) is 10.4 Å². The van der Waals surface area contributed by atoms with Crippen molar-refractivity contribution >= 4 is 56.1 Å². The fraction of sp³-hybridized carbons (Fsp3) is 0.227. The van der Waals surface area contributed by atoms with Gasteiger partial charge in [0.2, 0.25) is 0 Å². The number of carbonyl (C=O) groups excluding carboxylic acids is 2. The Labute approximate surface area is 197 Å². The van der Waals surface area contributed by atoms with Gasteiger partial charge in [-0.2, -0.15) is 0 Å². The molecule has 4 heterocycles. The van der Waals surface area contributed by atoms with Crippen LogP contribution in [0.25, 0.3) is 15.4 Å². The Bertz CT molecular complexity index is 1310. The van der Waals surface area contributed by atoms with Crippen LogP contribution in [0.5, 0.6) is 0 Å². The van der Waals surface area contributed by atoms with Crippen LogP contribution in [0.3, 0.4) is 0 Å². The first kappa shape index (κ1) is 21.1. The molecular formula is C22H19ClN4O3S2. The van der Waals surface area contributed by atoms with Gasteiger partial charge < -0.3 is 15.0 Å². The minimum Gasteiger partial charge on any atom is -0.378 e. The normalized spacial score (nSPS) is 14.1. The van der Waals surface area contributed by atoms with Crippen LogP contribution in [0.1, 0.15) is 26.4 Å². The number of anilines is 1. The molecule has 4 aromatic rings. The maximum atomic E-state index is 13.5. The molecule has 1 fully saturated rings. The molecule has 0 spiro atoms. The highest BCUT2D eigenvalue weighted by Crippen LogP contribution is 2.41. The number of aromatic nitrogens is 2. The minimum atomic E-state index is -0.405. The molecule has 10 heteroatoms. The van der Waals surface area contributed by atoms with E-state index in [0.29, 0.717) is 41.8 Å². The second kappa shape index (κ2) is 8.67. The summed E-state index contributed by atoms with van der Waals surface area (Å²) in [5, 5.41) is 5.42. The fourth-order valence-electron chi connectivity index (χ4n) is 3.77. The second-order valence-corrected chi connectivity index (χ2v) is 9.54. The van der Waals surface area contributed by atoms with Gasteiger partial charge in [-0.25, -0.2) is 4.98 Å². The van der Waals surface area contributed by atoms with Crippen molar-refractivity contribution in [3.63, 3.8) is 0 Å². The molecule has 0 unspecified atom stereocenters. The third-order valence-electron chi connectivity index (χ3n) is 5.36. The van der Waals surface area contributed by atoms with Gasteiger partial charge in [0.15, 0.2) is 15.8 Å². The van der Waals surface area contributed by atoms with E-state index in [0.717, 1.165) is 16.0 Å². The topological polar surface area (TPSA) is 75.9 Å². The molecular weight excluding hydrogens is 468 g/mol. The van der Waals surface area contributed by atoms with Crippen LogP contribution in [0.15, 0.2) is 41.9 Å². The predicted molar refractivity (Wildman–Crippen MR) is 127 cm³/mol. The van der Waals surface area contributed by atoms with Crippen LogP contribution >= 0.6 is 34.3 Å². The van der Waals surface area contributed by atoms with Crippen molar-refractivity contribution in [2.45, 2.75) is 6.92 Å².